The summed E-state index contributed by atoms with van der Waals surface area (Å²) in [7, 11) is 0. The van der Waals surface area contributed by atoms with E-state index in [2.05, 4.69) is 27.7 Å². The van der Waals surface area contributed by atoms with E-state index in [0.29, 0.717) is 0 Å². The zero-order valence-corrected chi connectivity index (χ0v) is 8.31. The van der Waals surface area contributed by atoms with Crippen molar-refractivity contribution >= 4 is 0 Å². The largest absolute Gasteiger partial charge is 0.309 e. The molecule has 4 N–H and O–H groups in total. The van der Waals surface area contributed by atoms with Crippen molar-refractivity contribution in [1.82, 2.24) is 0 Å². The van der Waals surface area contributed by atoms with Gasteiger partial charge in [0.1, 0.15) is 0 Å². The second kappa shape index (κ2) is 2.44. The average molecular weight is 166 g/mol. The molecule has 0 bridgehead atoms. The molecular weight excluding hydrogens is 148 g/mol. The van der Waals surface area contributed by atoms with Gasteiger partial charge in [-0.05, 0) is 19.9 Å². The fourth-order valence-electron chi connectivity index (χ4n) is 1.41. The molecule has 0 fully saturated rings. The molecule has 2 heteroatoms. The Morgan fingerprint density at radius 2 is 1.67 bits per heavy atom. The number of rotatable bonds is 0. The van der Waals surface area contributed by atoms with Crippen LogP contribution in [-0.4, -0.2) is 5.66 Å². The van der Waals surface area contributed by atoms with Crippen molar-refractivity contribution in [1.29, 1.82) is 0 Å². The van der Waals surface area contributed by atoms with Gasteiger partial charge in [0.05, 0.1) is 5.66 Å². The maximum Gasteiger partial charge on any atom is 0.0922 e. The van der Waals surface area contributed by atoms with Crippen molar-refractivity contribution < 1.29 is 0 Å². The maximum atomic E-state index is 5.96. The van der Waals surface area contributed by atoms with Crippen molar-refractivity contribution in [2.45, 2.75) is 33.4 Å². The number of nitrogens with two attached hydrogens (primary N) is 2. The summed E-state index contributed by atoms with van der Waals surface area (Å²) < 4.78 is 0. The third-order valence-electron chi connectivity index (χ3n) is 3.22. The fourth-order valence-corrected chi connectivity index (χ4v) is 1.41. The van der Waals surface area contributed by atoms with Gasteiger partial charge in [0.15, 0.2) is 0 Å². The lowest BCUT2D eigenvalue weighted by molar-refractivity contribution is 0.266. The lowest BCUT2D eigenvalue weighted by Gasteiger charge is -2.43. The highest BCUT2D eigenvalue weighted by Gasteiger charge is 2.40. The molecule has 12 heavy (non-hydrogen) atoms. The lowest BCUT2D eigenvalue weighted by atomic mass is 9.69. The molecule has 0 unspecified atom stereocenters. The molecule has 0 spiro atoms. The Morgan fingerprint density at radius 1 is 1.17 bits per heavy atom. The van der Waals surface area contributed by atoms with E-state index in [4.69, 9.17) is 11.5 Å². The van der Waals surface area contributed by atoms with E-state index in [1.165, 1.54) is 11.1 Å². The van der Waals surface area contributed by atoms with Crippen LogP contribution in [0, 0.1) is 5.41 Å². The van der Waals surface area contributed by atoms with Gasteiger partial charge in [0.2, 0.25) is 0 Å². The van der Waals surface area contributed by atoms with E-state index in [1.807, 2.05) is 12.2 Å². The van der Waals surface area contributed by atoms with Gasteiger partial charge in [-0.25, -0.2) is 0 Å². The number of hydrogen-bond acceptors (Lipinski definition) is 2. The third kappa shape index (κ3) is 1.11. The second-order valence-corrected chi connectivity index (χ2v) is 4.20. The van der Waals surface area contributed by atoms with Crippen molar-refractivity contribution in [3.8, 4) is 0 Å². The predicted molar refractivity (Wildman–Crippen MR) is 52.4 cm³/mol. The molecule has 68 valence electrons. The monoisotopic (exact) mass is 166 g/mol. The summed E-state index contributed by atoms with van der Waals surface area (Å²) in [6, 6.07) is 0. The van der Waals surface area contributed by atoms with Crippen LogP contribution in [0.5, 0.6) is 0 Å². The van der Waals surface area contributed by atoms with Crippen LogP contribution in [0.15, 0.2) is 23.3 Å². The molecule has 0 radical (unpaired) electrons. The standard InChI is InChI=1S/C10H18N2/c1-7-5-6-10(11,12)9(3,4)8(7)2/h5-6H,11-12H2,1-4H3. The summed E-state index contributed by atoms with van der Waals surface area (Å²) in [5.41, 5.74) is 13.6. The summed E-state index contributed by atoms with van der Waals surface area (Å²) in [5.74, 6) is 0. The molecule has 0 aromatic rings. The summed E-state index contributed by atoms with van der Waals surface area (Å²) in [5, 5.41) is 0. The Labute approximate surface area is 74.3 Å². The minimum absolute atomic E-state index is 0.147. The number of allylic oxidation sites excluding steroid dienone is 2. The third-order valence-corrected chi connectivity index (χ3v) is 3.22. The van der Waals surface area contributed by atoms with Gasteiger partial charge in [-0.1, -0.05) is 31.1 Å². The maximum absolute atomic E-state index is 5.96. The zero-order valence-electron chi connectivity index (χ0n) is 8.31. The van der Waals surface area contributed by atoms with E-state index in [0.717, 1.165) is 0 Å². The van der Waals surface area contributed by atoms with Gasteiger partial charge in [-0.2, -0.15) is 0 Å². The SMILES string of the molecule is CC1=C(C)C(C)(C)C(N)(N)C=C1. The highest BCUT2D eigenvalue weighted by atomic mass is 15.0. The van der Waals surface area contributed by atoms with Gasteiger partial charge < -0.3 is 11.5 Å². The van der Waals surface area contributed by atoms with Crippen molar-refractivity contribution in [2.24, 2.45) is 16.9 Å². The Morgan fingerprint density at radius 3 is 2.08 bits per heavy atom. The van der Waals surface area contributed by atoms with Crippen LogP contribution in [-0.2, 0) is 0 Å². The fraction of sp³-hybridized carbons (Fsp3) is 0.600. The van der Waals surface area contributed by atoms with Crippen LogP contribution < -0.4 is 11.5 Å². The summed E-state index contributed by atoms with van der Waals surface area (Å²) in [6.45, 7) is 8.33. The molecular formula is C10H18N2. The van der Waals surface area contributed by atoms with Crippen molar-refractivity contribution in [2.75, 3.05) is 0 Å². The molecule has 0 aromatic carbocycles. The van der Waals surface area contributed by atoms with Gasteiger partial charge >= 0.3 is 0 Å². The second-order valence-electron chi connectivity index (χ2n) is 4.20. The van der Waals surface area contributed by atoms with Crippen molar-refractivity contribution in [3.05, 3.63) is 23.3 Å². The van der Waals surface area contributed by atoms with Crippen LogP contribution in [0.3, 0.4) is 0 Å². The first-order valence-electron chi connectivity index (χ1n) is 4.24. The summed E-state index contributed by atoms with van der Waals surface area (Å²) in [6.07, 6.45) is 3.88. The molecule has 1 rings (SSSR count). The zero-order chi connectivity index (χ0) is 9.57. The quantitative estimate of drug-likeness (QED) is 0.536. The smallest absolute Gasteiger partial charge is 0.0922 e. The Balaban J connectivity index is 3.21. The minimum Gasteiger partial charge on any atom is -0.309 e. The first-order valence-corrected chi connectivity index (χ1v) is 4.24. The molecule has 1 aliphatic rings. The van der Waals surface area contributed by atoms with Crippen LogP contribution in [0.25, 0.3) is 0 Å². The van der Waals surface area contributed by atoms with E-state index < -0.39 is 5.66 Å². The van der Waals surface area contributed by atoms with E-state index >= 15 is 0 Å². The first kappa shape index (κ1) is 9.49. The summed E-state index contributed by atoms with van der Waals surface area (Å²) >= 11 is 0. The van der Waals surface area contributed by atoms with Crippen molar-refractivity contribution in [3.63, 3.8) is 0 Å². The van der Waals surface area contributed by atoms with Crippen LogP contribution in [0.1, 0.15) is 27.7 Å². The van der Waals surface area contributed by atoms with Crippen LogP contribution in [0.4, 0.5) is 0 Å². The van der Waals surface area contributed by atoms with Crippen LogP contribution >= 0.6 is 0 Å². The highest BCUT2D eigenvalue weighted by Crippen LogP contribution is 2.39. The lowest BCUT2D eigenvalue weighted by Crippen LogP contribution is -2.60. The predicted octanol–water partition coefficient (Wildman–Crippen LogP) is 1.53. The average Bonchev–Trinajstić information content (AvgIpc) is 1.96. The molecule has 1 aliphatic carbocycles. The van der Waals surface area contributed by atoms with E-state index in [-0.39, 0.29) is 5.41 Å². The van der Waals surface area contributed by atoms with Crippen LogP contribution in [0.2, 0.25) is 0 Å². The van der Waals surface area contributed by atoms with Gasteiger partial charge in [-0.3, -0.25) is 0 Å². The van der Waals surface area contributed by atoms with Gasteiger partial charge in [0.25, 0.3) is 0 Å². The topological polar surface area (TPSA) is 52.0 Å². The Bertz CT molecular complexity index is 257. The van der Waals surface area contributed by atoms with E-state index in [1.54, 1.807) is 0 Å². The van der Waals surface area contributed by atoms with Gasteiger partial charge in [-0.15, -0.1) is 0 Å². The normalized spacial score (nSPS) is 26.2. The highest BCUT2D eigenvalue weighted by molar-refractivity contribution is 5.37. The number of hydrogen-bond donors (Lipinski definition) is 2. The molecule has 0 atom stereocenters. The molecule has 0 amide bonds. The molecule has 0 aliphatic heterocycles. The molecule has 2 nitrogen and oxygen atoms in total. The summed E-state index contributed by atoms with van der Waals surface area (Å²) in [4.78, 5) is 0. The Hall–Kier alpha value is -0.600. The van der Waals surface area contributed by atoms with E-state index in [9.17, 15) is 0 Å². The molecule has 0 aromatic heterocycles. The molecule has 0 saturated carbocycles. The molecule has 0 heterocycles. The minimum atomic E-state index is -0.712. The molecule has 0 saturated heterocycles. The van der Waals surface area contributed by atoms with Gasteiger partial charge in [0, 0.05) is 5.41 Å². The first-order chi connectivity index (χ1) is 5.29. The Kier molecular flexibility index (Phi) is 1.93.